The third kappa shape index (κ3) is 4.38. The van der Waals surface area contributed by atoms with Gasteiger partial charge in [0, 0.05) is 30.9 Å². The van der Waals surface area contributed by atoms with Crippen molar-refractivity contribution in [3.8, 4) is 0 Å². The van der Waals surface area contributed by atoms with Gasteiger partial charge < -0.3 is 15.2 Å². The van der Waals surface area contributed by atoms with Crippen LogP contribution in [-0.2, 0) is 6.54 Å². The highest BCUT2D eigenvalue weighted by Crippen LogP contribution is 2.26. The lowest BCUT2D eigenvalue weighted by atomic mass is 10.0. The van der Waals surface area contributed by atoms with Gasteiger partial charge in [0.2, 0.25) is 5.95 Å². The van der Waals surface area contributed by atoms with Gasteiger partial charge in [-0.2, -0.15) is 4.39 Å². The topological polar surface area (TPSA) is 59.0 Å². The van der Waals surface area contributed by atoms with E-state index < -0.39 is 29.9 Å². The maximum absolute atomic E-state index is 14.5. The van der Waals surface area contributed by atoms with Gasteiger partial charge in [0.25, 0.3) is 5.91 Å². The van der Waals surface area contributed by atoms with Gasteiger partial charge in [-0.25, -0.2) is 13.8 Å². The normalized spacial score (nSPS) is 19.0. The van der Waals surface area contributed by atoms with E-state index in [-0.39, 0.29) is 36.4 Å². The Bertz CT molecular complexity index is 1030. The molecule has 1 aliphatic rings. The molecule has 1 amide bonds. The molecular formula is C20H20ClF3N4O. The Hall–Kier alpha value is -2.58. The average molecular weight is 425 g/mol. The molecule has 3 heterocycles. The molecule has 3 aromatic rings. The molecule has 1 fully saturated rings. The van der Waals surface area contributed by atoms with Crippen LogP contribution in [-0.4, -0.2) is 40.8 Å². The number of fused-ring (bicyclic) bond motifs is 1. The van der Waals surface area contributed by atoms with Crippen molar-refractivity contribution >= 4 is 29.2 Å². The number of hydrogen-bond donors (Lipinski definition) is 2. The van der Waals surface area contributed by atoms with Gasteiger partial charge in [-0.05, 0) is 42.8 Å². The Morgan fingerprint density at radius 3 is 2.90 bits per heavy atom. The van der Waals surface area contributed by atoms with Gasteiger partial charge in [-0.3, -0.25) is 4.79 Å². The van der Waals surface area contributed by atoms with E-state index in [1.807, 2.05) is 0 Å². The molecule has 0 spiro atoms. The molecule has 0 bridgehead atoms. The minimum absolute atomic E-state index is 0. The molecule has 29 heavy (non-hydrogen) atoms. The first-order chi connectivity index (χ1) is 13.5. The molecular weight excluding hydrogens is 405 g/mol. The fourth-order valence-electron chi connectivity index (χ4n) is 3.58. The number of benzene rings is 1. The van der Waals surface area contributed by atoms with Crippen LogP contribution in [0.5, 0.6) is 0 Å². The summed E-state index contributed by atoms with van der Waals surface area (Å²) in [6, 6.07) is 6.83. The van der Waals surface area contributed by atoms with Crippen LogP contribution in [0.3, 0.4) is 0 Å². The van der Waals surface area contributed by atoms with Crippen LogP contribution in [0.15, 0.2) is 42.7 Å². The highest BCUT2D eigenvalue weighted by atomic mass is 35.5. The smallest absolute Gasteiger partial charge is 0.253 e. The van der Waals surface area contributed by atoms with Gasteiger partial charge >= 0.3 is 0 Å². The largest absolute Gasteiger partial charge is 0.346 e. The van der Waals surface area contributed by atoms with Crippen LogP contribution in [0.2, 0.25) is 0 Å². The lowest BCUT2D eigenvalue weighted by Gasteiger charge is -2.27. The third-order valence-electron chi connectivity index (χ3n) is 4.97. The summed E-state index contributed by atoms with van der Waals surface area (Å²) in [5.41, 5.74) is 1.26. The molecule has 1 aliphatic heterocycles. The maximum atomic E-state index is 14.5. The van der Waals surface area contributed by atoms with Gasteiger partial charge in [-0.15, -0.1) is 12.4 Å². The Morgan fingerprint density at radius 2 is 2.14 bits per heavy atom. The Labute approximate surface area is 171 Å². The van der Waals surface area contributed by atoms with E-state index in [0.29, 0.717) is 24.0 Å². The van der Waals surface area contributed by atoms with Crippen molar-refractivity contribution in [1.82, 2.24) is 20.2 Å². The van der Waals surface area contributed by atoms with E-state index in [4.69, 9.17) is 0 Å². The van der Waals surface area contributed by atoms with E-state index in [0.717, 1.165) is 0 Å². The molecule has 154 valence electrons. The van der Waals surface area contributed by atoms with Crippen molar-refractivity contribution in [2.45, 2.75) is 25.2 Å². The number of carbonyl (C=O) groups excluding carboxylic acids is 1. The maximum Gasteiger partial charge on any atom is 0.253 e. The fraction of sp³-hybridized carbons (Fsp3) is 0.300. The molecule has 2 N–H and O–H groups in total. The number of halogens is 4. The molecule has 1 aromatic carbocycles. The monoisotopic (exact) mass is 424 g/mol. The number of nitrogens with zero attached hydrogens (tertiary/aromatic N) is 2. The lowest BCUT2D eigenvalue weighted by Crippen LogP contribution is -2.50. The summed E-state index contributed by atoms with van der Waals surface area (Å²) in [7, 11) is 0. The molecule has 2 aromatic heterocycles. The molecule has 0 radical (unpaired) electrons. The van der Waals surface area contributed by atoms with Crippen LogP contribution >= 0.6 is 12.4 Å². The van der Waals surface area contributed by atoms with Crippen molar-refractivity contribution in [1.29, 1.82) is 0 Å². The summed E-state index contributed by atoms with van der Waals surface area (Å²) in [6.07, 6.45) is 2.14. The number of hydrogen-bond acceptors (Lipinski definition) is 3. The summed E-state index contributed by atoms with van der Waals surface area (Å²) in [5.74, 6) is -1.67. The number of piperidine rings is 1. The SMILES string of the molecule is Cl.O=C(NC1CCNC[C@@H]1F)c1cn(Cc2ccnc(F)c2)c2cccc(F)c12. The first-order valence-corrected chi connectivity index (χ1v) is 9.06. The van der Waals surface area contributed by atoms with E-state index in [9.17, 15) is 18.0 Å². The van der Waals surface area contributed by atoms with Crippen LogP contribution in [0.25, 0.3) is 10.9 Å². The summed E-state index contributed by atoms with van der Waals surface area (Å²) in [6.45, 7) is 1.02. The zero-order valence-corrected chi connectivity index (χ0v) is 16.2. The number of alkyl halides is 1. The number of amides is 1. The average Bonchev–Trinajstić information content (AvgIpc) is 3.04. The van der Waals surface area contributed by atoms with Gasteiger partial charge in [0.15, 0.2) is 0 Å². The van der Waals surface area contributed by atoms with Gasteiger partial charge in [0.1, 0.15) is 12.0 Å². The minimum Gasteiger partial charge on any atom is -0.346 e. The number of carbonyl (C=O) groups is 1. The number of pyridine rings is 1. The number of rotatable bonds is 4. The predicted octanol–water partition coefficient (Wildman–Crippen LogP) is 3.21. The molecule has 1 saturated heterocycles. The summed E-state index contributed by atoms with van der Waals surface area (Å²) >= 11 is 0. The van der Waals surface area contributed by atoms with Gasteiger partial charge in [-0.1, -0.05) is 6.07 Å². The second-order valence-electron chi connectivity index (χ2n) is 6.88. The quantitative estimate of drug-likeness (QED) is 0.632. The molecule has 0 aliphatic carbocycles. The highest BCUT2D eigenvalue weighted by Gasteiger charge is 2.28. The van der Waals surface area contributed by atoms with E-state index >= 15 is 0 Å². The van der Waals surface area contributed by atoms with Crippen LogP contribution < -0.4 is 10.6 Å². The predicted molar refractivity (Wildman–Crippen MR) is 106 cm³/mol. The van der Waals surface area contributed by atoms with Crippen LogP contribution in [0.4, 0.5) is 13.2 Å². The second kappa shape index (κ2) is 8.84. The molecule has 0 saturated carbocycles. The van der Waals surface area contributed by atoms with Crippen LogP contribution in [0.1, 0.15) is 22.3 Å². The number of nitrogens with one attached hydrogen (secondary N) is 2. The first kappa shape index (κ1) is 21.1. The standard InChI is InChI=1S/C20H19F3N4O.ClH/c21-14-2-1-3-17-19(14)13(20(28)26-16-5-6-24-9-15(16)22)11-27(17)10-12-4-7-25-18(23)8-12;/h1-4,7-8,11,15-16,24H,5-6,9-10H2,(H,26,28);1H/t15-,16?;/m0./s1. The highest BCUT2D eigenvalue weighted by molar-refractivity contribution is 6.07. The van der Waals surface area contributed by atoms with Crippen molar-refractivity contribution in [3.63, 3.8) is 0 Å². The zero-order chi connectivity index (χ0) is 19.7. The van der Waals surface area contributed by atoms with E-state index in [1.165, 1.54) is 24.5 Å². The zero-order valence-electron chi connectivity index (χ0n) is 15.4. The van der Waals surface area contributed by atoms with Crippen LogP contribution in [0, 0.1) is 11.8 Å². The molecule has 2 atom stereocenters. The minimum atomic E-state index is -1.20. The Kier molecular flexibility index (Phi) is 6.44. The van der Waals surface area contributed by atoms with E-state index in [2.05, 4.69) is 15.6 Å². The van der Waals surface area contributed by atoms with Crippen molar-refractivity contribution < 1.29 is 18.0 Å². The third-order valence-corrected chi connectivity index (χ3v) is 4.97. The van der Waals surface area contributed by atoms with E-state index in [1.54, 1.807) is 22.8 Å². The molecule has 4 rings (SSSR count). The second-order valence-corrected chi connectivity index (χ2v) is 6.88. The van der Waals surface area contributed by atoms with Crippen molar-refractivity contribution in [2.24, 2.45) is 0 Å². The first-order valence-electron chi connectivity index (χ1n) is 9.06. The fourth-order valence-corrected chi connectivity index (χ4v) is 3.58. The summed E-state index contributed by atoms with van der Waals surface area (Å²) in [4.78, 5) is 16.3. The summed E-state index contributed by atoms with van der Waals surface area (Å²) in [5, 5.41) is 5.78. The summed E-state index contributed by atoms with van der Waals surface area (Å²) < 4.78 is 43.7. The van der Waals surface area contributed by atoms with Crippen molar-refractivity contribution in [2.75, 3.05) is 13.1 Å². The Morgan fingerprint density at radius 1 is 1.31 bits per heavy atom. The van der Waals surface area contributed by atoms with Crippen molar-refractivity contribution in [3.05, 3.63) is 65.6 Å². The molecule has 1 unspecified atom stereocenters. The lowest BCUT2D eigenvalue weighted by molar-refractivity contribution is 0.0893. The Balaban J connectivity index is 0.00000240. The molecule has 9 heteroatoms. The van der Waals surface area contributed by atoms with Gasteiger partial charge in [0.05, 0.1) is 17.1 Å². The molecule has 5 nitrogen and oxygen atoms in total. The number of aromatic nitrogens is 2.